The molecule has 1 amide bonds. The highest BCUT2D eigenvalue weighted by Crippen LogP contribution is 2.32. The summed E-state index contributed by atoms with van der Waals surface area (Å²) < 4.78 is 0. The van der Waals surface area contributed by atoms with Gasteiger partial charge in [-0.3, -0.25) is 4.79 Å². The van der Waals surface area contributed by atoms with E-state index < -0.39 is 12.0 Å². The summed E-state index contributed by atoms with van der Waals surface area (Å²) in [6, 6.07) is 11.4. The first-order chi connectivity index (χ1) is 13.4. The summed E-state index contributed by atoms with van der Waals surface area (Å²) in [5.41, 5.74) is 2.00. The van der Waals surface area contributed by atoms with E-state index in [1.807, 2.05) is 12.1 Å². The van der Waals surface area contributed by atoms with Gasteiger partial charge in [0.15, 0.2) is 0 Å². The summed E-state index contributed by atoms with van der Waals surface area (Å²) in [6.45, 7) is 1.57. The van der Waals surface area contributed by atoms with Crippen LogP contribution in [0.5, 0.6) is 0 Å². The third-order valence-corrected chi connectivity index (χ3v) is 5.93. The van der Waals surface area contributed by atoms with E-state index in [1.165, 1.54) is 4.90 Å². The molecule has 0 saturated heterocycles. The minimum absolute atomic E-state index is 0.0537. The van der Waals surface area contributed by atoms with Crippen molar-refractivity contribution in [1.82, 2.24) is 4.90 Å². The zero-order valence-electron chi connectivity index (χ0n) is 15.7. The number of carbonyl (C=O) groups excluding carboxylic acids is 1. The zero-order chi connectivity index (χ0) is 20.3. The lowest BCUT2D eigenvalue weighted by atomic mass is 9.92. The Morgan fingerprint density at radius 3 is 2.29 bits per heavy atom. The Kier molecular flexibility index (Phi) is 6.63. The largest absolute Gasteiger partial charge is 0.480 e. The third-order valence-electron chi connectivity index (χ3n) is 5.35. The van der Waals surface area contributed by atoms with Crippen LogP contribution in [0.3, 0.4) is 0 Å². The second kappa shape index (κ2) is 8.97. The van der Waals surface area contributed by atoms with E-state index in [4.69, 9.17) is 23.2 Å². The van der Waals surface area contributed by atoms with Crippen LogP contribution in [0, 0.1) is 0 Å². The monoisotopic (exact) mass is 419 g/mol. The minimum atomic E-state index is -0.995. The van der Waals surface area contributed by atoms with Crippen molar-refractivity contribution < 1.29 is 14.7 Å². The van der Waals surface area contributed by atoms with Crippen molar-refractivity contribution in [1.29, 1.82) is 0 Å². The van der Waals surface area contributed by atoms with Crippen LogP contribution >= 0.6 is 23.2 Å². The highest BCUT2D eigenvalue weighted by molar-refractivity contribution is 6.33. The summed E-state index contributed by atoms with van der Waals surface area (Å²) in [5.74, 6) is -1.26. The van der Waals surface area contributed by atoms with Crippen molar-refractivity contribution in [3.8, 4) is 11.1 Å². The Morgan fingerprint density at radius 1 is 1.04 bits per heavy atom. The molecule has 6 heteroatoms. The Balaban J connectivity index is 1.97. The fourth-order valence-corrected chi connectivity index (χ4v) is 4.15. The number of carboxylic acids is 1. The minimum Gasteiger partial charge on any atom is -0.480 e. The summed E-state index contributed by atoms with van der Waals surface area (Å²) in [4.78, 5) is 26.5. The molecule has 28 heavy (non-hydrogen) atoms. The van der Waals surface area contributed by atoms with Gasteiger partial charge < -0.3 is 10.0 Å². The highest BCUT2D eigenvalue weighted by Gasteiger charge is 2.33. The molecule has 1 atom stereocenters. The topological polar surface area (TPSA) is 57.6 Å². The van der Waals surface area contributed by atoms with E-state index in [0.29, 0.717) is 15.6 Å². The fraction of sp³-hybridized carbons (Fsp3) is 0.364. The van der Waals surface area contributed by atoms with E-state index in [1.54, 1.807) is 37.3 Å². The van der Waals surface area contributed by atoms with Crippen molar-refractivity contribution in [2.45, 2.75) is 51.1 Å². The van der Waals surface area contributed by atoms with E-state index in [9.17, 15) is 14.7 Å². The van der Waals surface area contributed by atoms with Gasteiger partial charge in [-0.1, -0.05) is 54.6 Å². The van der Waals surface area contributed by atoms with Crippen molar-refractivity contribution in [3.05, 3.63) is 58.1 Å². The van der Waals surface area contributed by atoms with Gasteiger partial charge in [-0.25, -0.2) is 4.79 Å². The van der Waals surface area contributed by atoms with E-state index in [2.05, 4.69) is 0 Å². The molecule has 3 rings (SSSR count). The molecule has 2 aromatic rings. The number of nitrogens with zero attached hydrogens (tertiary/aromatic N) is 1. The molecule has 1 unspecified atom stereocenters. The summed E-state index contributed by atoms with van der Waals surface area (Å²) in [5, 5.41) is 10.7. The Bertz CT molecular complexity index is 861. The Hall–Kier alpha value is -2.04. The number of carboxylic acid groups (broad SMARTS) is 1. The fourth-order valence-electron chi connectivity index (χ4n) is 3.79. The van der Waals surface area contributed by atoms with Crippen molar-refractivity contribution in [2.24, 2.45) is 0 Å². The number of aliphatic carboxylic acids is 1. The van der Waals surface area contributed by atoms with Gasteiger partial charge in [-0.05, 0) is 55.7 Å². The van der Waals surface area contributed by atoms with Gasteiger partial charge in [0.25, 0.3) is 5.91 Å². The number of carbonyl (C=O) groups is 2. The molecule has 0 aliphatic heterocycles. The first-order valence-electron chi connectivity index (χ1n) is 9.49. The normalized spacial score (nSPS) is 15.8. The van der Waals surface area contributed by atoms with E-state index >= 15 is 0 Å². The summed E-state index contributed by atoms with van der Waals surface area (Å²) in [7, 11) is 0. The molecule has 1 aliphatic rings. The van der Waals surface area contributed by atoms with Crippen LogP contribution in [0.15, 0.2) is 42.5 Å². The SMILES string of the molecule is CC(C(=O)O)N(C(=O)c1ccc(Cl)c(-c2ccc(Cl)cc2)c1)C1CCCCC1. The molecule has 1 fully saturated rings. The standard InChI is InChI=1S/C22H23Cl2NO3/c1-14(22(27)28)25(18-5-3-2-4-6-18)21(26)16-9-12-20(24)19(13-16)15-7-10-17(23)11-8-15/h7-14,18H,2-6H2,1H3,(H,27,28). The van der Waals surface area contributed by atoms with E-state index in [0.717, 1.165) is 43.2 Å². The van der Waals surface area contributed by atoms with Crippen LogP contribution in [-0.4, -0.2) is 34.0 Å². The molecular formula is C22H23Cl2NO3. The molecule has 1 saturated carbocycles. The lowest BCUT2D eigenvalue weighted by Gasteiger charge is -2.37. The molecule has 2 aromatic carbocycles. The second-order valence-corrected chi connectivity index (χ2v) is 8.06. The average molecular weight is 420 g/mol. The van der Waals surface area contributed by atoms with Gasteiger partial charge >= 0.3 is 5.97 Å². The predicted octanol–water partition coefficient (Wildman–Crippen LogP) is 5.91. The zero-order valence-corrected chi connectivity index (χ0v) is 17.2. The number of benzene rings is 2. The van der Waals surface area contributed by atoms with Gasteiger partial charge in [0, 0.05) is 27.2 Å². The van der Waals surface area contributed by atoms with Crippen LogP contribution in [0.4, 0.5) is 0 Å². The molecule has 0 heterocycles. The lowest BCUT2D eigenvalue weighted by Crippen LogP contribution is -2.50. The molecule has 0 radical (unpaired) electrons. The van der Waals surface area contributed by atoms with Crippen molar-refractivity contribution in [2.75, 3.05) is 0 Å². The molecule has 1 aliphatic carbocycles. The van der Waals surface area contributed by atoms with Gasteiger partial charge in [0.05, 0.1) is 0 Å². The first kappa shape index (κ1) is 20.7. The van der Waals surface area contributed by atoms with Crippen LogP contribution in [0.1, 0.15) is 49.4 Å². The number of rotatable bonds is 5. The number of hydrogen-bond donors (Lipinski definition) is 1. The molecular weight excluding hydrogens is 397 g/mol. The summed E-state index contributed by atoms with van der Waals surface area (Å²) >= 11 is 12.3. The van der Waals surface area contributed by atoms with Gasteiger partial charge in [-0.2, -0.15) is 0 Å². The van der Waals surface area contributed by atoms with Crippen LogP contribution < -0.4 is 0 Å². The maximum absolute atomic E-state index is 13.3. The number of amides is 1. The molecule has 1 N–H and O–H groups in total. The van der Waals surface area contributed by atoms with Crippen molar-refractivity contribution in [3.63, 3.8) is 0 Å². The maximum Gasteiger partial charge on any atom is 0.326 e. The Labute approximate surface area is 175 Å². The Morgan fingerprint density at radius 2 is 1.68 bits per heavy atom. The molecule has 4 nitrogen and oxygen atoms in total. The molecule has 0 aromatic heterocycles. The van der Waals surface area contributed by atoms with Gasteiger partial charge in [0.1, 0.15) is 6.04 Å². The second-order valence-electron chi connectivity index (χ2n) is 7.22. The summed E-state index contributed by atoms with van der Waals surface area (Å²) in [6.07, 6.45) is 4.82. The molecule has 0 spiro atoms. The number of halogens is 2. The molecule has 0 bridgehead atoms. The third kappa shape index (κ3) is 4.50. The van der Waals surface area contributed by atoms with Crippen LogP contribution in [0.2, 0.25) is 10.0 Å². The van der Waals surface area contributed by atoms with Crippen LogP contribution in [0.25, 0.3) is 11.1 Å². The maximum atomic E-state index is 13.3. The first-order valence-corrected chi connectivity index (χ1v) is 10.2. The van der Waals surface area contributed by atoms with Crippen LogP contribution in [-0.2, 0) is 4.79 Å². The van der Waals surface area contributed by atoms with Crippen molar-refractivity contribution >= 4 is 35.1 Å². The van der Waals surface area contributed by atoms with Gasteiger partial charge in [0.2, 0.25) is 0 Å². The predicted molar refractivity (Wildman–Crippen MR) is 112 cm³/mol. The average Bonchev–Trinajstić information content (AvgIpc) is 2.70. The van der Waals surface area contributed by atoms with E-state index in [-0.39, 0.29) is 11.9 Å². The lowest BCUT2D eigenvalue weighted by molar-refractivity contribution is -0.142. The highest BCUT2D eigenvalue weighted by atomic mass is 35.5. The number of hydrogen-bond acceptors (Lipinski definition) is 2. The molecule has 148 valence electrons. The quantitative estimate of drug-likeness (QED) is 0.655. The van der Waals surface area contributed by atoms with Gasteiger partial charge in [-0.15, -0.1) is 0 Å². The smallest absolute Gasteiger partial charge is 0.326 e.